The molecular formula is C10H11FO3S. The Morgan fingerprint density at radius 3 is 2.60 bits per heavy atom. The van der Waals surface area contributed by atoms with Gasteiger partial charge in [0.1, 0.15) is 11.9 Å². The first-order valence-electron chi connectivity index (χ1n) is 4.31. The average molecular weight is 230 g/mol. The molecule has 1 rings (SSSR count). The van der Waals surface area contributed by atoms with E-state index in [9.17, 15) is 19.4 Å². The van der Waals surface area contributed by atoms with Gasteiger partial charge in [-0.3, -0.25) is 4.79 Å². The molecule has 0 radical (unpaired) electrons. The van der Waals surface area contributed by atoms with E-state index in [-0.39, 0.29) is 16.9 Å². The third-order valence-electron chi connectivity index (χ3n) is 2.04. The highest BCUT2D eigenvalue weighted by atomic mass is 32.1. The number of rotatable bonds is 4. The standard InChI is InChI=1S/C10H11FO3S/c11-8-3-6(1-2-7(8)4-12)10(14)9(13)5-15/h1-4,9-10,13-15H,5H2. The van der Waals surface area contributed by atoms with Crippen molar-refractivity contribution in [2.75, 3.05) is 5.75 Å². The number of benzene rings is 1. The van der Waals surface area contributed by atoms with Gasteiger partial charge in [-0.25, -0.2) is 4.39 Å². The van der Waals surface area contributed by atoms with E-state index in [1.807, 2.05) is 0 Å². The number of aliphatic hydroxyl groups is 2. The summed E-state index contributed by atoms with van der Waals surface area (Å²) in [6.07, 6.45) is -1.87. The molecule has 0 aromatic heterocycles. The molecule has 2 N–H and O–H groups in total. The highest BCUT2D eigenvalue weighted by Gasteiger charge is 2.17. The van der Waals surface area contributed by atoms with Crippen LogP contribution < -0.4 is 0 Å². The van der Waals surface area contributed by atoms with Gasteiger partial charge in [0.25, 0.3) is 0 Å². The zero-order valence-electron chi connectivity index (χ0n) is 7.80. The lowest BCUT2D eigenvalue weighted by Crippen LogP contribution is -2.19. The van der Waals surface area contributed by atoms with Crippen LogP contribution in [0.2, 0.25) is 0 Å². The van der Waals surface area contributed by atoms with E-state index in [0.29, 0.717) is 6.29 Å². The Hall–Kier alpha value is -0.910. The van der Waals surface area contributed by atoms with Gasteiger partial charge in [0.05, 0.1) is 11.7 Å². The number of halogens is 1. The summed E-state index contributed by atoms with van der Waals surface area (Å²) in [5.74, 6) is -0.647. The number of aldehydes is 1. The predicted molar refractivity (Wildman–Crippen MR) is 56.6 cm³/mol. The molecule has 2 unspecified atom stereocenters. The molecule has 2 atom stereocenters. The van der Waals surface area contributed by atoms with Crippen LogP contribution in [0.25, 0.3) is 0 Å². The van der Waals surface area contributed by atoms with Crippen molar-refractivity contribution in [2.45, 2.75) is 12.2 Å². The van der Waals surface area contributed by atoms with Gasteiger partial charge in [0.2, 0.25) is 0 Å². The topological polar surface area (TPSA) is 57.5 Å². The molecule has 82 valence electrons. The molecule has 0 aliphatic rings. The second-order valence-corrected chi connectivity index (χ2v) is 3.46. The fourth-order valence-corrected chi connectivity index (χ4v) is 1.34. The van der Waals surface area contributed by atoms with E-state index >= 15 is 0 Å². The Labute approximate surface area is 92.0 Å². The zero-order chi connectivity index (χ0) is 11.4. The summed E-state index contributed by atoms with van der Waals surface area (Å²) in [6.45, 7) is 0. The molecule has 0 saturated heterocycles. The quantitative estimate of drug-likeness (QED) is 0.533. The first-order chi connectivity index (χ1) is 7.10. The largest absolute Gasteiger partial charge is 0.389 e. The van der Waals surface area contributed by atoms with Crippen LogP contribution in [0.4, 0.5) is 4.39 Å². The molecule has 0 spiro atoms. The Kier molecular flexibility index (Phi) is 4.26. The number of carbonyl (C=O) groups excluding carboxylic acids is 1. The van der Waals surface area contributed by atoms with Crippen molar-refractivity contribution in [1.82, 2.24) is 0 Å². The lowest BCUT2D eigenvalue weighted by molar-refractivity contribution is 0.0336. The van der Waals surface area contributed by atoms with E-state index in [1.54, 1.807) is 0 Å². The van der Waals surface area contributed by atoms with Crippen LogP contribution in [-0.2, 0) is 0 Å². The van der Waals surface area contributed by atoms with Gasteiger partial charge in [-0.15, -0.1) is 0 Å². The molecule has 0 aliphatic carbocycles. The van der Waals surface area contributed by atoms with Gasteiger partial charge in [0.15, 0.2) is 6.29 Å². The Morgan fingerprint density at radius 1 is 1.47 bits per heavy atom. The van der Waals surface area contributed by atoms with Crippen molar-refractivity contribution in [3.8, 4) is 0 Å². The normalized spacial score (nSPS) is 14.7. The molecule has 0 amide bonds. The smallest absolute Gasteiger partial charge is 0.152 e. The van der Waals surface area contributed by atoms with Gasteiger partial charge >= 0.3 is 0 Å². The molecule has 15 heavy (non-hydrogen) atoms. The number of carbonyl (C=O) groups is 1. The molecule has 0 saturated carbocycles. The van der Waals surface area contributed by atoms with E-state index in [4.69, 9.17) is 0 Å². The highest BCUT2D eigenvalue weighted by Crippen LogP contribution is 2.19. The van der Waals surface area contributed by atoms with Crippen LogP contribution in [-0.4, -0.2) is 28.4 Å². The van der Waals surface area contributed by atoms with Crippen molar-refractivity contribution in [3.05, 3.63) is 35.1 Å². The minimum absolute atomic E-state index is 0.0677. The van der Waals surface area contributed by atoms with Crippen molar-refractivity contribution in [3.63, 3.8) is 0 Å². The molecule has 1 aromatic rings. The minimum Gasteiger partial charge on any atom is -0.389 e. The SMILES string of the molecule is O=Cc1ccc(C(O)C(O)CS)cc1F. The maximum absolute atomic E-state index is 13.1. The minimum atomic E-state index is -1.20. The highest BCUT2D eigenvalue weighted by molar-refractivity contribution is 7.80. The predicted octanol–water partition coefficient (Wildman–Crippen LogP) is 0.962. The van der Waals surface area contributed by atoms with Gasteiger partial charge in [-0.1, -0.05) is 6.07 Å². The van der Waals surface area contributed by atoms with Crippen molar-refractivity contribution in [1.29, 1.82) is 0 Å². The number of hydrogen-bond donors (Lipinski definition) is 3. The van der Waals surface area contributed by atoms with Crippen LogP contribution in [0.5, 0.6) is 0 Å². The third kappa shape index (κ3) is 2.77. The van der Waals surface area contributed by atoms with Gasteiger partial charge < -0.3 is 10.2 Å². The molecule has 0 aliphatic heterocycles. The monoisotopic (exact) mass is 230 g/mol. The van der Waals surface area contributed by atoms with Crippen LogP contribution in [0.1, 0.15) is 22.0 Å². The summed E-state index contributed by atoms with van der Waals surface area (Å²) in [5, 5.41) is 18.8. The van der Waals surface area contributed by atoms with E-state index < -0.39 is 18.0 Å². The van der Waals surface area contributed by atoms with Crippen LogP contribution in [0.3, 0.4) is 0 Å². The van der Waals surface area contributed by atoms with E-state index in [0.717, 1.165) is 6.07 Å². The lowest BCUT2D eigenvalue weighted by Gasteiger charge is -2.16. The Balaban J connectivity index is 2.96. The van der Waals surface area contributed by atoms with E-state index in [1.165, 1.54) is 12.1 Å². The molecule has 0 fully saturated rings. The van der Waals surface area contributed by atoms with Gasteiger partial charge in [-0.2, -0.15) is 12.6 Å². The molecule has 0 bridgehead atoms. The number of aliphatic hydroxyl groups excluding tert-OH is 2. The maximum atomic E-state index is 13.1. The Morgan fingerprint density at radius 2 is 2.13 bits per heavy atom. The summed E-state index contributed by atoms with van der Waals surface area (Å²) in [6, 6.07) is 3.68. The number of thiol groups is 1. The fraction of sp³-hybridized carbons (Fsp3) is 0.300. The van der Waals surface area contributed by atoms with Gasteiger partial charge in [-0.05, 0) is 17.7 Å². The molecule has 0 heterocycles. The summed E-state index contributed by atoms with van der Waals surface area (Å²) >= 11 is 3.81. The summed E-state index contributed by atoms with van der Waals surface area (Å²) < 4.78 is 13.1. The van der Waals surface area contributed by atoms with Crippen molar-refractivity contribution < 1.29 is 19.4 Å². The molecule has 1 aromatic carbocycles. The third-order valence-corrected chi connectivity index (χ3v) is 2.42. The molecule has 5 heteroatoms. The summed E-state index contributed by atoms with van der Waals surface area (Å²) in [4.78, 5) is 10.3. The van der Waals surface area contributed by atoms with Gasteiger partial charge in [0, 0.05) is 5.75 Å². The average Bonchev–Trinajstić information content (AvgIpc) is 2.26. The second kappa shape index (κ2) is 5.25. The fourth-order valence-electron chi connectivity index (χ4n) is 1.14. The maximum Gasteiger partial charge on any atom is 0.152 e. The molecular weight excluding hydrogens is 219 g/mol. The first kappa shape index (κ1) is 12.2. The number of hydrogen-bond acceptors (Lipinski definition) is 4. The first-order valence-corrected chi connectivity index (χ1v) is 4.95. The van der Waals surface area contributed by atoms with Crippen molar-refractivity contribution >= 4 is 18.9 Å². The lowest BCUT2D eigenvalue weighted by atomic mass is 10.0. The summed E-state index contributed by atoms with van der Waals surface area (Å²) in [5.41, 5.74) is 0.144. The zero-order valence-corrected chi connectivity index (χ0v) is 8.69. The Bertz CT molecular complexity index is 357. The van der Waals surface area contributed by atoms with Crippen LogP contribution in [0, 0.1) is 5.82 Å². The summed E-state index contributed by atoms with van der Waals surface area (Å²) in [7, 11) is 0. The molecule has 3 nitrogen and oxygen atoms in total. The van der Waals surface area contributed by atoms with E-state index in [2.05, 4.69) is 12.6 Å². The van der Waals surface area contributed by atoms with Crippen LogP contribution >= 0.6 is 12.6 Å². The second-order valence-electron chi connectivity index (χ2n) is 3.09. The van der Waals surface area contributed by atoms with Crippen molar-refractivity contribution in [2.24, 2.45) is 0 Å². The van der Waals surface area contributed by atoms with Crippen LogP contribution in [0.15, 0.2) is 18.2 Å².